The largest absolute Gasteiger partial charge is 0.298 e. The van der Waals surface area contributed by atoms with E-state index in [4.69, 9.17) is 0 Å². The molecule has 2 rings (SSSR count). The lowest BCUT2D eigenvalue weighted by atomic mass is 9.85. The van der Waals surface area contributed by atoms with Crippen LogP contribution in [-0.4, -0.2) is 18.0 Å². The van der Waals surface area contributed by atoms with Crippen LogP contribution in [0.1, 0.15) is 38.0 Å². The predicted octanol–water partition coefficient (Wildman–Crippen LogP) is 4.52. The highest BCUT2D eigenvalue weighted by Gasteiger charge is 2.23. The molecule has 1 aromatic heterocycles. The molecule has 0 amide bonds. The fourth-order valence-electron chi connectivity index (χ4n) is 2.29. The molecule has 1 saturated heterocycles. The Hall–Kier alpha value is 0.140. The number of likely N-dealkylation sites (tertiary alicyclic amines) is 1. The summed E-state index contributed by atoms with van der Waals surface area (Å²) < 4.78 is 1.22. The van der Waals surface area contributed by atoms with E-state index in [0.29, 0.717) is 5.41 Å². The summed E-state index contributed by atoms with van der Waals surface area (Å²) >= 11 is 5.38. The second-order valence-corrected chi connectivity index (χ2v) is 7.44. The van der Waals surface area contributed by atoms with E-state index in [2.05, 4.69) is 46.1 Å². The van der Waals surface area contributed by atoms with E-state index >= 15 is 0 Å². The van der Waals surface area contributed by atoms with Gasteiger partial charge in [0.05, 0.1) is 0 Å². The number of rotatable bonds is 2. The minimum Gasteiger partial charge on any atom is -0.298 e. The smallest absolute Gasteiger partial charge is 0.0328 e. The summed E-state index contributed by atoms with van der Waals surface area (Å²) in [6, 6.07) is 2.25. The lowest BCUT2D eigenvalue weighted by Crippen LogP contribution is -2.24. The van der Waals surface area contributed by atoms with Crippen LogP contribution in [0.2, 0.25) is 0 Å². The number of thiophene rings is 1. The first kappa shape index (κ1) is 12.6. The Morgan fingerprint density at radius 3 is 2.88 bits per heavy atom. The first-order valence-corrected chi connectivity index (χ1v) is 7.68. The summed E-state index contributed by atoms with van der Waals surface area (Å²) in [6.07, 6.45) is 4.05. The Morgan fingerprint density at radius 1 is 1.38 bits per heavy atom. The molecule has 0 saturated carbocycles. The molecule has 1 fully saturated rings. The van der Waals surface area contributed by atoms with E-state index in [1.54, 1.807) is 0 Å². The van der Waals surface area contributed by atoms with E-state index in [-0.39, 0.29) is 0 Å². The molecule has 1 aliphatic heterocycles. The number of hydrogen-bond acceptors (Lipinski definition) is 2. The Kier molecular flexibility index (Phi) is 4.09. The predicted molar refractivity (Wildman–Crippen MR) is 74.9 cm³/mol. The van der Waals surface area contributed by atoms with Crippen molar-refractivity contribution in [3.05, 3.63) is 20.8 Å². The molecule has 1 nitrogen and oxygen atoms in total. The van der Waals surface area contributed by atoms with Crippen molar-refractivity contribution in [2.75, 3.05) is 13.1 Å². The molecule has 16 heavy (non-hydrogen) atoms. The third-order valence-corrected chi connectivity index (χ3v) is 5.12. The SMILES string of the molecule is CC1(C)CCCN(Cc2cc(Br)cs2)CC1. The molecule has 0 spiro atoms. The van der Waals surface area contributed by atoms with Gasteiger partial charge in [0.15, 0.2) is 0 Å². The fraction of sp³-hybridized carbons (Fsp3) is 0.692. The highest BCUT2D eigenvalue weighted by molar-refractivity contribution is 9.10. The molecular formula is C13H20BrNS. The van der Waals surface area contributed by atoms with Crippen molar-refractivity contribution >= 4 is 27.3 Å². The van der Waals surface area contributed by atoms with Crippen LogP contribution >= 0.6 is 27.3 Å². The van der Waals surface area contributed by atoms with E-state index in [9.17, 15) is 0 Å². The third-order valence-electron chi connectivity index (χ3n) is 3.43. The zero-order valence-corrected chi connectivity index (χ0v) is 12.5. The van der Waals surface area contributed by atoms with Gasteiger partial charge in [-0.05, 0) is 59.8 Å². The molecule has 3 heteroatoms. The highest BCUT2D eigenvalue weighted by Crippen LogP contribution is 2.31. The maximum atomic E-state index is 3.52. The molecule has 0 N–H and O–H groups in total. The molecule has 0 bridgehead atoms. The van der Waals surface area contributed by atoms with Crippen LogP contribution in [-0.2, 0) is 6.54 Å². The first-order valence-electron chi connectivity index (χ1n) is 6.00. The van der Waals surface area contributed by atoms with E-state index in [1.807, 2.05) is 11.3 Å². The quantitative estimate of drug-likeness (QED) is 0.776. The summed E-state index contributed by atoms with van der Waals surface area (Å²) in [5.41, 5.74) is 0.546. The van der Waals surface area contributed by atoms with Gasteiger partial charge in [0.1, 0.15) is 0 Å². The molecule has 0 radical (unpaired) electrons. The number of nitrogens with zero attached hydrogens (tertiary/aromatic N) is 1. The Labute approximate surface area is 111 Å². The van der Waals surface area contributed by atoms with Crippen LogP contribution in [0.4, 0.5) is 0 Å². The van der Waals surface area contributed by atoms with Crippen LogP contribution in [0, 0.1) is 5.41 Å². The van der Waals surface area contributed by atoms with Gasteiger partial charge in [0.25, 0.3) is 0 Å². The van der Waals surface area contributed by atoms with E-state index < -0.39 is 0 Å². The van der Waals surface area contributed by atoms with Gasteiger partial charge in [-0.25, -0.2) is 0 Å². The van der Waals surface area contributed by atoms with Crippen molar-refractivity contribution in [1.29, 1.82) is 0 Å². The van der Waals surface area contributed by atoms with Crippen molar-refractivity contribution in [2.24, 2.45) is 5.41 Å². The van der Waals surface area contributed by atoms with Crippen LogP contribution < -0.4 is 0 Å². The zero-order chi connectivity index (χ0) is 11.6. The fourth-order valence-corrected chi connectivity index (χ4v) is 3.79. The lowest BCUT2D eigenvalue weighted by Gasteiger charge is -2.22. The Balaban J connectivity index is 1.91. The second kappa shape index (κ2) is 5.19. The molecule has 0 aromatic carbocycles. The van der Waals surface area contributed by atoms with Crippen LogP contribution in [0.3, 0.4) is 0 Å². The maximum Gasteiger partial charge on any atom is 0.0328 e. The Morgan fingerprint density at radius 2 is 2.19 bits per heavy atom. The molecule has 0 atom stereocenters. The van der Waals surface area contributed by atoms with Crippen molar-refractivity contribution < 1.29 is 0 Å². The average molecular weight is 302 g/mol. The van der Waals surface area contributed by atoms with Crippen molar-refractivity contribution in [3.63, 3.8) is 0 Å². The number of halogens is 1. The van der Waals surface area contributed by atoms with Crippen LogP contribution in [0.15, 0.2) is 15.9 Å². The normalized spacial score (nSPS) is 21.9. The molecular weight excluding hydrogens is 282 g/mol. The molecule has 1 aliphatic rings. The molecule has 0 unspecified atom stereocenters. The van der Waals surface area contributed by atoms with Crippen molar-refractivity contribution in [2.45, 2.75) is 39.7 Å². The summed E-state index contributed by atoms with van der Waals surface area (Å²) in [6.45, 7) is 8.45. The van der Waals surface area contributed by atoms with Gasteiger partial charge < -0.3 is 0 Å². The highest BCUT2D eigenvalue weighted by atomic mass is 79.9. The topological polar surface area (TPSA) is 3.24 Å². The average Bonchev–Trinajstić information content (AvgIpc) is 2.52. The minimum absolute atomic E-state index is 0.546. The van der Waals surface area contributed by atoms with Crippen molar-refractivity contribution in [3.8, 4) is 0 Å². The van der Waals surface area contributed by atoms with Gasteiger partial charge in [-0.1, -0.05) is 13.8 Å². The Bertz CT molecular complexity index is 345. The molecule has 0 aliphatic carbocycles. The summed E-state index contributed by atoms with van der Waals surface area (Å²) in [5.74, 6) is 0. The van der Waals surface area contributed by atoms with E-state index in [0.717, 1.165) is 6.54 Å². The van der Waals surface area contributed by atoms with Crippen LogP contribution in [0.5, 0.6) is 0 Å². The molecule has 90 valence electrons. The third kappa shape index (κ3) is 3.57. The minimum atomic E-state index is 0.546. The van der Waals surface area contributed by atoms with Crippen molar-refractivity contribution in [1.82, 2.24) is 4.90 Å². The second-order valence-electron chi connectivity index (χ2n) is 5.53. The zero-order valence-electron chi connectivity index (χ0n) is 10.1. The molecule has 2 heterocycles. The van der Waals surface area contributed by atoms with E-state index in [1.165, 1.54) is 41.7 Å². The summed E-state index contributed by atoms with van der Waals surface area (Å²) in [4.78, 5) is 4.08. The standard InChI is InChI=1S/C13H20BrNS/c1-13(2)4-3-6-15(7-5-13)9-12-8-11(14)10-16-12/h8,10H,3-7,9H2,1-2H3. The van der Waals surface area contributed by atoms with Crippen LogP contribution in [0.25, 0.3) is 0 Å². The lowest BCUT2D eigenvalue weighted by molar-refractivity contribution is 0.257. The monoisotopic (exact) mass is 301 g/mol. The van der Waals surface area contributed by atoms with Gasteiger partial charge in [-0.2, -0.15) is 0 Å². The maximum absolute atomic E-state index is 3.52. The first-order chi connectivity index (χ1) is 7.55. The van der Waals surface area contributed by atoms with Gasteiger partial charge in [-0.3, -0.25) is 4.90 Å². The van der Waals surface area contributed by atoms with Gasteiger partial charge in [-0.15, -0.1) is 11.3 Å². The van der Waals surface area contributed by atoms with Gasteiger partial charge >= 0.3 is 0 Å². The van der Waals surface area contributed by atoms with Gasteiger partial charge in [0, 0.05) is 21.3 Å². The van der Waals surface area contributed by atoms with Gasteiger partial charge in [0.2, 0.25) is 0 Å². The summed E-state index contributed by atoms with van der Waals surface area (Å²) in [5, 5.41) is 2.18. The molecule has 1 aromatic rings. The number of hydrogen-bond donors (Lipinski definition) is 0. The summed E-state index contributed by atoms with van der Waals surface area (Å²) in [7, 11) is 0.